The number of esters is 1. The Hall–Kier alpha value is -4.11. The van der Waals surface area contributed by atoms with E-state index in [1.165, 1.54) is 28.0 Å². The van der Waals surface area contributed by atoms with E-state index >= 15 is 0 Å². The van der Waals surface area contributed by atoms with Gasteiger partial charge in [0.1, 0.15) is 0 Å². The fourth-order valence-corrected chi connectivity index (χ4v) is 4.71. The predicted molar refractivity (Wildman–Crippen MR) is 130 cm³/mol. The number of carbonyl (C=O) groups is 1. The zero-order valence-electron chi connectivity index (χ0n) is 18.5. The predicted octanol–water partition coefficient (Wildman–Crippen LogP) is 3.37. The van der Waals surface area contributed by atoms with Crippen molar-refractivity contribution < 1.29 is 14.5 Å². The van der Waals surface area contributed by atoms with E-state index in [0.717, 1.165) is 11.1 Å². The van der Waals surface area contributed by atoms with Gasteiger partial charge < -0.3 is 4.74 Å². The second kappa shape index (κ2) is 9.80. The lowest BCUT2D eigenvalue weighted by Gasteiger charge is -2.24. The average molecular weight is 476 g/mol. The van der Waals surface area contributed by atoms with E-state index < -0.39 is 16.9 Å². The Morgan fingerprint density at radius 3 is 2.56 bits per heavy atom. The molecule has 0 saturated carbocycles. The smallest absolute Gasteiger partial charge is 0.338 e. The molecular formula is C25H21N3O5S. The van der Waals surface area contributed by atoms with Crippen LogP contribution in [0.1, 0.15) is 31.0 Å². The van der Waals surface area contributed by atoms with Crippen molar-refractivity contribution >= 4 is 35.1 Å². The highest BCUT2D eigenvalue weighted by Gasteiger charge is 2.33. The number of nitro benzene ring substituents is 1. The van der Waals surface area contributed by atoms with E-state index in [4.69, 9.17) is 4.74 Å². The number of fused-ring (bicyclic) bond motifs is 1. The van der Waals surface area contributed by atoms with Gasteiger partial charge in [-0.3, -0.25) is 19.5 Å². The fraction of sp³-hybridized carbons (Fsp3) is 0.160. The maximum atomic E-state index is 13.4. The summed E-state index contributed by atoms with van der Waals surface area (Å²) in [4.78, 5) is 41.6. The molecule has 0 aliphatic carbocycles. The first-order chi connectivity index (χ1) is 16.4. The first-order valence-corrected chi connectivity index (χ1v) is 11.4. The summed E-state index contributed by atoms with van der Waals surface area (Å²) >= 11 is 1.23. The molecule has 0 saturated heterocycles. The number of non-ortho nitro benzene ring substituents is 1. The number of aromatic nitrogens is 1. The van der Waals surface area contributed by atoms with Gasteiger partial charge in [-0.1, -0.05) is 53.8 Å². The molecule has 2 aromatic carbocycles. The minimum atomic E-state index is -0.641. The van der Waals surface area contributed by atoms with Gasteiger partial charge in [0.25, 0.3) is 11.2 Å². The molecule has 0 fully saturated rings. The molecule has 8 nitrogen and oxygen atoms in total. The van der Waals surface area contributed by atoms with Crippen LogP contribution >= 0.6 is 11.3 Å². The van der Waals surface area contributed by atoms with Crippen LogP contribution in [0.2, 0.25) is 0 Å². The Morgan fingerprint density at radius 2 is 1.91 bits per heavy atom. The number of carbonyl (C=O) groups excluding carboxylic acids is 1. The largest absolute Gasteiger partial charge is 0.463 e. The molecule has 3 aromatic rings. The molecule has 172 valence electrons. The molecule has 1 atom stereocenters. The number of nitro groups is 1. The van der Waals surface area contributed by atoms with Gasteiger partial charge in [-0.15, -0.1) is 0 Å². The van der Waals surface area contributed by atoms with E-state index in [1.807, 2.05) is 30.3 Å². The van der Waals surface area contributed by atoms with Gasteiger partial charge in [0.15, 0.2) is 4.80 Å². The summed E-state index contributed by atoms with van der Waals surface area (Å²) in [7, 11) is 0. The molecule has 1 aliphatic rings. The number of ether oxygens (including phenoxy) is 1. The molecule has 0 spiro atoms. The second-order valence-corrected chi connectivity index (χ2v) is 8.45. The summed E-state index contributed by atoms with van der Waals surface area (Å²) in [6.07, 6.45) is 5.15. The topological polar surface area (TPSA) is 104 Å². The number of benzene rings is 2. The molecule has 0 bridgehead atoms. The number of hydrogen-bond donors (Lipinski definition) is 0. The third-order valence-corrected chi connectivity index (χ3v) is 6.27. The van der Waals surface area contributed by atoms with Crippen LogP contribution in [0, 0.1) is 10.1 Å². The SMILES string of the molecule is CCOC(=O)C1=C(C)N=c2sc(=CC=Cc3ccc([N+](=O)[O-])cc3)c(=O)n2C1c1ccccc1. The highest BCUT2D eigenvalue weighted by atomic mass is 32.1. The van der Waals surface area contributed by atoms with E-state index in [0.29, 0.717) is 20.6 Å². The van der Waals surface area contributed by atoms with Gasteiger partial charge in [0.2, 0.25) is 0 Å². The van der Waals surface area contributed by atoms with Gasteiger partial charge in [-0.25, -0.2) is 9.79 Å². The maximum absolute atomic E-state index is 13.4. The van der Waals surface area contributed by atoms with Crippen molar-refractivity contribution in [3.8, 4) is 0 Å². The molecule has 1 aliphatic heterocycles. The van der Waals surface area contributed by atoms with Gasteiger partial charge in [-0.05, 0) is 43.2 Å². The van der Waals surface area contributed by atoms with Crippen LogP contribution in [0.5, 0.6) is 0 Å². The summed E-state index contributed by atoms with van der Waals surface area (Å²) < 4.78 is 7.26. The third kappa shape index (κ3) is 4.51. The number of allylic oxidation sites excluding steroid dienone is 2. The Morgan fingerprint density at radius 1 is 1.21 bits per heavy atom. The van der Waals surface area contributed by atoms with Gasteiger partial charge in [0, 0.05) is 12.1 Å². The minimum absolute atomic E-state index is 0.0131. The maximum Gasteiger partial charge on any atom is 0.338 e. The van der Waals surface area contributed by atoms with Crippen molar-refractivity contribution in [2.45, 2.75) is 19.9 Å². The molecule has 0 radical (unpaired) electrons. The van der Waals surface area contributed by atoms with Crippen molar-refractivity contribution in [1.82, 2.24) is 4.57 Å². The molecular weight excluding hydrogens is 454 g/mol. The van der Waals surface area contributed by atoms with Crippen molar-refractivity contribution in [1.29, 1.82) is 0 Å². The summed E-state index contributed by atoms with van der Waals surface area (Å²) in [5.41, 5.74) is 2.15. The lowest BCUT2D eigenvalue weighted by molar-refractivity contribution is -0.384. The van der Waals surface area contributed by atoms with E-state index in [9.17, 15) is 19.7 Å². The van der Waals surface area contributed by atoms with Crippen molar-refractivity contribution in [2.24, 2.45) is 4.99 Å². The van der Waals surface area contributed by atoms with Crippen LogP contribution in [-0.4, -0.2) is 22.1 Å². The Kier molecular flexibility index (Phi) is 6.65. The summed E-state index contributed by atoms with van der Waals surface area (Å²) in [6.45, 7) is 3.70. The highest BCUT2D eigenvalue weighted by molar-refractivity contribution is 7.07. The third-order valence-electron chi connectivity index (χ3n) is 5.27. The van der Waals surface area contributed by atoms with E-state index in [-0.39, 0.29) is 17.9 Å². The number of nitrogens with zero attached hydrogens (tertiary/aromatic N) is 3. The standard InChI is InChI=1S/C25H21N3O5S/c1-3-33-24(30)21-16(2)26-25-27(22(21)18-9-5-4-6-10-18)23(29)20(34-25)11-7-8-17-12-14-19(15-13-17)28(31)32/h4-15,22H,3H2,1-2H3. The normalized spacial score (nSPS) is 15.8. The molecule has 9 heteroatoms. The van der Waals surface area contributed by atoms with Crippen molar-refractivity contribution in [3.05, 3.63) is 113 Å². The molecule has 1 unspecified atom stereocenters. The Balaban J connectivity index is 1.78. The average Bonchev–Trinajstić information content (AvgIpc) is 3.13. The van der Waals surface area contributed by atoms with Gasteiger partial charge in [-0.2, -0.15) is 0 Å². The Labute approximate surface area is 198 Å². The molecule has 0 amide bonds. The van der Waals surface area contributed by atoms with Crippen LogP contribution in [0.25, 0.3) is 12.2 Å². The van der Waals surface area contributed by atoms with Gasteiger partial charge in [0.05, 0.1) is 33.4 Å². The second-order valence-electron chi connectivity index (χ2n) is 7.44. The lowest BCUT2D eigenvalue weighted by atomic mass is 9.96. The first kappa shape index (κ1) is 23.1. The van der Waals surface area contributed by atoms with E-state index in [1.54, 1.807) is 44.2 Å². The summed E-state index contributed by atoms with van der Waals surface area (Å²) in [5.74, 6) is -0.495. The summed E-state index contributed by atoms with van der Waals surface area (Å²) in [5, 5.41) is 10.8. The summed E-state index contributed by atoms with van der Waals surface area (Å²) in [6, 6.07) is 14.8. The van der Waals surface area contributed by atoms with Gasteiger partial charge >= 0.3 is 5.97 Å². The molecule has 1 aromatic heterocycles. The molecule has 34 heavy (non-hydrogen) atoms. The monoisotopic (exact) mass is 475 g/mol. The first-order valence-electron chi connectivity index (χ1n) is 10.6. The van der Waals surface area contributed by atoms with Crippen LogP contribution < -0.4 is 14.9 Å². The van der Waals surface area contributed by atoms with Crippen molar-refractivity contribution in [3.63, 3.8) is 0 Å². The van der Waals surface area contributed by atoms with Crippen LogP contribution in [0.15, 0.2) is 81.7 Å². The van der Waals surface area contributed by atoms with Crippen LogP contribution in [0.4, 0.5) is 5.69 Å². The zero-order valence-corrected chi connectivity index (χ0v) is 19.3. The van der Waals surface area contributed by atoms with E-state index in [2.05, 4.69) is 4.99 Å². The number of hydrogen-bond acceptors (Lipinski definition) is 7. The van der Waals surface area contributed by atoms with Crippen LogP contribution in [-0.2, 0) is 9.53 Å². The lowest BCUT2D eigenvalue weighted by Crippen LogP contribution is -2.39. The minimum Gasteiger partial charge on any atom is -0.463 e. The molecule has 2 heterocycles. The fourth-order valence-electron chi connectivity index (χ4n) is 3.71. The Bertz CT molecular complexity index is 1480. The van der Waals surface area contributed by atoms with Crippen molar-refractivity contribution in [2.75, 3.05) is 6.61 Å². The van der Waals surface area contributed by atoms with Crippen LogP contribution in [0.3, 0.4) is 0 Å². The molecule has 0 N–H and O–H groups in total. The number of rotatable bonds is 6. The highest BCUT2D eigenvalue weighted by Crippen LogP contribution is 2.30. The molecule has 4 rings (SSSR count). The quantitative estimate of drug-likeness (QED) is 0.309. The zero-order chi connectivity index (χ0) is 24.2. The number of thiazole rings is 1.